The van der Waals surface area contributed by atoms with Crippen LogP contribution in [0.25, 0.3) is 0 Å². The fourth-order valence-corrected chi connectivity index (χ4v) is 7.05. The molecule has 10 nitrogen and oxygen atoms in total. The van der Waals surface area contributed by atoms with Gasteiger partial charge in [-0.2, -0.15) is 5.26 Å². The van der Waals surface area contributed by atoms with Crippen LogP contribution in [0.1, 0.15) is 73.7 Å². The SMILES string of the molecule is COCC1(CNC(=O)[C@H]2[C@@H]3CC[C@@H](C3)[C@H]2NC(=O)c2cc(OC3CCC(C(=O)O)CC3)c(C#N)cc2OC)CC1. The Bertz CT molecular complexity index is 1180. The summed E-state index contributed by atoms with van der Waals surface area (Å²) >= 11 is 0. The third-order valence-electron chi connectivity index (χ3n) is 9.55. The van der Waals surface area contributed by atoms with E-state index in [0.717, 1.165) is 32.1 Å². The molecule has 0 spiro atoms. The Kier molecular flexibility index (Phi) is 8.22. The second kappa shape index (κ2) is 11.7. The molecule has 40 heavy (non-hydrogen) atoms. The van der Waals surface area contributed by atoms with Gasteiger partial charge in [-0.15, -0.1) is 0 Å². The maximum Gasteiger partial charge on any atom is 0.306 e. The number of aliphatic carboxylic acids is 1. The average Bonchev–Trinajstić information content (AvgIpc) is 3.41. The van der Waals surface area contributed by atoms with Crippen LogP contribution in [0, 0.1) is 40.4 Å². The Morgan fingerprint density at radius 2 is 1.77 bits per heavy atom. The zero-order valence-corrected chi connectivity index (χ0v) is 23.2. The van der Waals surface area contributed by atoms with Crippen LogP contribution in [0.3, 0.4) is 0 Å². The Hall–Kier alpha value is -3.32. The monoisotopic (exact) mass is 553 g/mol. The number of hydrogen-bond acceptors (Lipinski definition) is 7. The first-order chi connectivity index (χ1) is 19.3. The highest BCUT2D eigenvalue weighted by atomic mass is 16.5. The van der Waals surface area contributed by atoms with E-state index in [1.807, 2.05) is 0 Å². The molecule has 0 radical (unpaired) electrons. The van der Waals surface area contributed by atoms with Crippen LogP contribution in [0.2, 0.25) is 0 Å². The van der Waals surface area contributed by atoms with Gasteiger partial charge in [0.2, 0.25) is 5.91 Å². The third-order valence-corrected chi connectivity index (χ3v) is 9.55. The number of benzene rings is 1. The first-order valence-electron chi connectivity index (χ1n) is 14.4. The van der Waals surface area contributed by atoms with Crippen LogP contribution in [-0.2, 0) is 14.3 Å². The molecule has 2 amide bonds. The van der Waals surface area contributed by atoms with Crippen molar-refractivity contribution in [1.82, 2.24) is 10.6 Å². The van der Waals surface area contributed by atoms with Crippen molar-refractivity contribution in [3.8, 4) is 17.6 Å². The molecule has 0 aromatic heterocycles. The van der Waals surface area contributed by atoms with Crippen molar-refractivity contribution in [2.45, 2.75) is 69.9 Å². The number of nitrogens with zero attached hydrogens (tertiary/aromatic N) is 1. The first kappa shape index (κ1) is 28.2. The number of carboxylic acids is 1. The topological polar surface area (TPSA) is 147 Å². The zero-order chi connectivity index (χ0) is 28.4. The molecule has 4 saturated carbocycles. The van der Waals surface area contributed by atoms with E-state index in [0.29, 0.717) is 38.8 Å². The number of hydrogen-bond donors (Lipinski definition) is 3. The van der Waals surface area contributed by atoms with E-state index in [4.69, 9.17) is 14.2 Å². The standard InChI is InChI=1S/C30H39N3O7/c1-38-16-30(9-10-30)15-32-28(35)25-18-3-4-19(11-18)26(25)33-27(34)22-13-23(20(14-31)12-24(22)39-2)40-21-7-5-17(6-8-21)29(36)37/h12-13,17-19,21,25-26H,3-11,15-16H2,1-2H3,(H,32,35)(H,33,34)(H,36,37)/t17?,18-,19+,21?,25+,26-/m1/s1. The molecule has 3 N–H and O–H groups in total. The lowest BCUT2D eigenvalue weighted by Crippen LogP contribution is -2.50. The van der Waals surface area contributed by atoms with Gasteiger partial charge in [-0.05, 0) is 75.7 Å². The van der Waals surface area contributed by atoms with Gasteiger partial charge in [0.1, 0.15) is 17.6 Å². The van der Waals surface area contributed by atoms with Gasteiger partial charge in [0.25, 0.3) is 5.91 Å². The molecule has 4 atom stereocenters. The number of ether oxygens (including phenoxy) is 3. The van der Waals surface area contributed by atoms with Crippen LogP contribution >= 0.6 is 0 Å². The Morgan fingerprint density at radius 1 is 1.05 bits per heavy atom. The minimum absolute atomic E-state index is 0.00680. The molecule has 1 aromatic carbocycles. The number of carbonyl (C=O) groups excluding carboxylic acids is 2. The van der Waals surface area contributed by atoms with Crippen molar-refractivity contribution in [2.24, 2.45) is 29.1 Å². The van der Waals surface area contributed by atoms with Gasteiger partial charge in [-0.25, -0.2) is 0 Å². The molecule has 1 aromatic rings. The maximum atomic E-state index is 13.7. The summed E-state index contributed by atoms with van der Waals surface area (Å²) in [6.07, 6.45) is 6.86. The Balaban J connectivity index is 1.30. The quantitative estimate of drug-likeness (QED) is 0.378. The highest BCUT2D eigenvalue weighted by molar-refractivity contribution is 5.98. The second-order valence-electron chi connectivity index (χ2n) is 12.1. The van der Waals surface area contributed by atoms with Crippen LogP contribution in [-0.4, -0.2) is 62.4 Å². The summed E-state index contributed by atoms with van der Waals surface area (Å²) in [5, 5.41) is 25.3. The zero-order valence-electron chi connectivity index (χ0n) is 23.2. The molecule has 4 fully saturated rings. The number of carboxylic acid groups (broad SMARTS) is 1. The van der Waals surface area contributed by atoms with Gasteiger partial charge < -0.3 is 30.0 Å². The molecule has 5 rings (SSSR count). The average molecular weight is 554 g/mol. The van der Waals surface area contributed by atoms with Gasteiger partial charge >= 0.3 is 5.97 Å². The van der Waals surface area contributed by atoms with Gasteiger partial charge in [0.15, 0.2) is 0 Å². The summed E-state index contributed by atoms with van der Waals surface area (Å²) in [7, 11) is 3.13. The lowest BCUT2D eigenvalue weighted by atomic mass is 9.83. The van der Waals surface area contributed by atoms with E-state index >= 15 is 0 Å². The van der Waals surface area contributed by atoms with Gasteiger partial charge in [0.05, 0.1) is 42.8 Å². The van der Waals surface area contributed by atoms with E-state index in [1.54, 1.807) is 13.2 Å². The predicted octanol–water partition coefficient (Wildman–Crippen LogP) is 3.28. The van der Waals surface area contributed by atoms with Crippen molar-refractivity contribution in [2.75, 3.05) is 27.4 Å². The van der Waals surface area contributed by atoms with Crippen LogP contribution in [0.5, 0.6) is 11.5 Å². The molecule has 2 bridgehead atoms. The molecular weight excluding hydrogens is 514 g/mol. The predicted molar refractivity (Wildman–Crippen MR) is 144 cm³/mol. The molecule has 0 unspecified atom stereocenters. The number of nitriles is 1. The summed E-state index contributed by atoms with van der Waals surface area (Å²) < 4.78 is 17.0. The van der Waals surface area contributed by atoms with Crippen molar-refractivity contribution < 1.29 is 33.7 Å². The van der Waals surface area contributed by atoms with E-state index < -0.39 is 5.97 Å². The number of methoxy groups -OCH3 is 2. The summed E-state index contributed by atoms with van der Waals surface area (Å²) in [5.41, 5.74) is 0.533. The smallest absolute Gasteiger partial charge is 0.306 e. The second-order valence-corrected chi connectivity index (χ2v) is 12.1. The number of rotatable bonds is 11. The van der Waals surface area contributed by atoms with Crippen molar-refractivity contribution in [1.29, 1.82) is 5.26 Å². The summed E-state index contributed by atoms with van der Waals surface area (Å²) in [6, 6.07) is 4.88. The number of carbonyl (C=O) groups is 3. The molecule has 0 aliphatic heterocycles. The van der Waals surface area contributed by atoms with E-state index in [9.17, 15) is 24.8 Å². The van der Waals surface area contributed by atoms with Crippen LogP contribution in [0.15, 0.2) is 12.1 Å². The maximum absolute atomic E-state index is 13.7. The van der Waals surface area contributed by atoms with Crippen molar-refractivity contribution >= 4 is 17.8 Å². The minimum Gasteiger partial charge on any atom is -0.496 e. The van der Waals surface area contributed by atoms with Gasteiger partial charge in [-0.1, -0.05) is 0 Å². The van der Waals surface area contributed by atoms with Gasteiger partial charge in [0, 0.05) is 31.2 Å². The molecule has 10 heteroatoms. The Labute approximate surface area is 234 Å². The van der Waals surface area contributed by atoms with E-state index in [1.165, 1.54) is 13.2 Å². The first-order valence-corrected chi connectivity index (χ1v) is 14.4. The van der Waals surface area contributed by atoms with Crippen molar-refractivity contribution in [3.05, 3.63) is 23.3 Å². The number of fused-ring (bicyclic) bond motifs is 2. The van der Waals surface area contributed by atoms with Crippen molar-refractivity contribution in [3.63, 3.8) is 0 Å². The Morgan fingerprint density at radius 3 is 2.40 bits per heavy atom. The molecule has 4 aliphatic rings. The minimum atomic E-state index is -0.797. The molecule has 4 aliphatic carbocycles. The molecule has 216 valence electrons. The normalized spacial score (nSPS) is 29.7. The fraction of sp³-hybridized carbons (Fsp3) is 0.667. The number of nitrogens with one attached hydrogen (secondary N) is 2. The molecule has 0 heterocycles. The van der Waals surface area contributed by atoms with E-state index in [-0.39, 0.29) is 75.7 Å². The van der Waals surface area contributed by atoms with Crippen LogP contribution in [0.4, 0.5) is 0 Å². The fourth-order valence-electron chi connectivity index (χ4n) is 7.05. The van der Waals surface area contributed by atoms with E-state index in [2.05, 4.69) is 16.7 Å². The van der Waals surface area contributed by atoms with Crippen LogP contribution < -0.4 is 20.1 Å². The highest BCUT2D eigenvalue weighted by Gasteiger charge is 2.52. The summed E-state index contributed by atoms with van der Waals surface area (Å²) in [4.78, 5) is 38.3. The lowest BCUT2D eigenvalue weighted by Gasteiger charge is -2.31. The number of amides is 2. The lowest BCUT2D eigenvalue weighted by molar-refractivity contribution is -0.143. The molecule has 0 saturated heterocycles. The highest BCUT2D eigenvalue weighted by Crippen LogP contribution is 2.49. The largest absolute Gasteiger partial charge is 0.496 e. The third kappa shape index (κ3) is 5.75. The summed E-state index contributed by atoms with van der Waals surface area (Å²) in [6.45, 7) is 1.22. The molecular formula is C30H39N3O7. The summed E-state index contributed by atoms with van der Waals surface area (Å²) in [5.74, 6) is -0.813. The van der Waals surface area contributed by atoms with Gasteiger partial charge in [-0.3, -0.25) is 14.4 Å².